The first-order valence-electron chi connectivity index (χ1n) is 5.38. The van der Waals surface area contributed by atoms with E-state index in [0.29, 0.717) is 0 Å². The SMILES string of the molecule is CCNC(C)(CO)CCCn1cncn1. The lowest BCUT2D eigenvalue weighted by Crippen LogP contribution is -2.45. The molecule has 1 aromatic rings. The Labute approximate surface area is 90.5 Å². The van der Waals surface area contributed by atoms with Crippen molar-refractivity contribution in [2.45, 2.75) is 38.8 Å². The first kappa shape index (κ1) is 12.1. The molecule has 0 spiro atoms. The highest BCUT2D eigenvalue weighted by atomic mass is 16.3. The summed E-state index contributed by atoms with van der Waals surface area (Å²) in [4.78, 5) is 3.88. The highest BCUT2D eigenvalue weighted by Crippen LogP contribution is 2.11. The van der Waals surface area contributed by atoms with Crippen LogP contribution >= 0.6 is 0 Å². The minimum absolute atomic E-state index is 0.165. The fourth-order valence-corrected chi connectivity index (χ4v) is 1.63. The van der Waals surface area contributed by atoms with Crippen molar-refractivity contribution in [3.63, 3.8) is 0 Å². The summed E-state index contributed by atoms with van der Waals surface area (Å²) >= 11 is 0. The normalized spacial score (nSPS) is 15.1. The van der Waals surface area contributed by atoms with Crippen LogP contribution in [0.5, 0.6) is 0 Å². The minimum Gasteiger partial charge on any atom is -0.394 e. The number of aryl methyl sites for hydroxylation is 1. The van der Waals surface area contributed by atoms with E-state index < -0.39 is 0 Å². The molecule has 0 saturated heterocycles. The van der Waals surface area contributed by atoms with Crippen LogP contribution in [-0.4, -0.2) is 38.6 Å². The largest absolute Gasteiger partial charge is 0.394 e. The summed E-state index contributed by atoms with van der Waals surface area (Å²) in [6.45, 7) is 5.97. The average Bonchev–Trinajstić information content (AvgIpc) is 2.71. The Bertz CT molecular complexity index is 262. The zero-order chi connectivity index (χ0) is 11.1. The molecule has 1 aromatic heterocycles. The van der Waals surface area contributed by atoms with Gasteiger partial charge in [0.05, 0.1) is 6.61 Å². The third kappa shape index (κ3) is 3.97. The Balaban J connectivity index is 2.28. The van der Waals surface area contributed by atoms with Gasteiger partial charge in [-0.25, -0.2) is 4.98 Å². The number of likely N-dealkylation sites (N-methyl/N-ethyl adjacent to an activating group) is 1. The summed E-state index contributed by atoms with van der Waals surface area (Å²) < 4.78 is 1.81. The molecule has 0 aliphatic carbocycles. The molecule has 0 radical (unpaired) electrons. The molecule has 0 aliphatic heterocycles. The van der Waals surface area contributed by atoms with Gasteiger partial charge in [-0.05, 0) is 26.3 Å². The van der Waals surface area contributed by atoms with Crippen molar-refractivity contribution in [1.82, 2.24) is 20.1 Å². The molecule has 0 amide bonds. The summed E-state index contributed by atoms with van der Waals surface area (Å²) in [7, 11) is 0. The molecule has 0 aliphatic rings. The highest BCUT2D eigenvalue weighted by Gasteiger charge is 2.20. The zero-order valence-electron chi connectivity index (χ0n) is 9.48. The first-order chi connectivity index (χ1) is 7.20. The lowest BCUT2D eigenvalue weighted by Gasteiger charge is -2.28. The van der Waals surface area contributed by atoms with E-state index in [1.807, 2.05) is 18.5 Å². The van der Waals surface area contributed by atoms with Gasteiger partial charge in [0.1, 0.15) is 12.7 Å². The van der Waals surface area contributed by atoms with Crippen LogP contribution in [0, 0.1) is 0 Å². The van der Waals surface area contributed by atoms with Crippen molar-refractivity contribution in [3.05, 3.63) is 12.7 Å². The topological polar surface area (TPSA) is 63.0 Å². The van der Waals surface area contributed by atoms with Crippen molar-refractivity contribution in [1.29, 1.82) is 0 Å². The average molecular weight is 212 g/mol. The van der Waals surface area contributed by atoms with Crippen molar-refractivity contribution < 1.29 is 5.11 Å². The quantitative estimate of drug-likeness (QED) is 0.687. The summed E-state index contributed by atoms with van der Waals surface area (Å²) in [6, 6.07) is 0. The molecule has 15 heavy (non-hydrogen) atoms. The van der Waals surface area contributed by atoms with Gasteiger partial charge in [0.25, 0.3) is 0 Å². The molecule has 0 saturated carbocycles. The summed E-state index contributed by atoms with van der Waals surface area (Å²) in [5.74, 6) is 0. The number of nitrogens with zero attached hydrogens (tertiary/aromatic N) is 3. The molecule has 0 fully saturated rings. The lowest BCUT2D eigenvalue weighted by atomic mass is 9.97. The maximum absolute atomic E-state index is 9.28. The lowest BCUT2D eigenvalue weighted by molar-refractivity contribution is 0.163. The smallest absolute Gasteiger partial charge is 0.137 e. The van der Waals surface area contributed by atoms with E-state index >= 15 is 0 Å². The van der Waals surface area contributed by atoms with Gasteiger partial charge in [0, 0.05) is 12.1 Å². The van der Waals surface area contributed by atoms with E-state index in [4.69, 9.17) is 0 Å². The molecular formula is C10H20N4O. The number of hydrogen-bond donors (Lipinski definition) is 2. The van der Waals surface area contributed by atoms with Crippen molar-refractivity contribution in [2.24, 2.45) is 0 Å². The number of aliphatic hydroxyl groups is 1. The van der Waals surface area contributed by atoms with Crippen molar-refractivity contribution in [2.75, 3.05) is 13.2 Å². The second-order valence-electron chi connectivity index (χ2n) is 4.01. The predicted octanol–water partition coefficient (Wildman–Crippen LogP) is 0.419. The maximum atomic E-state index is 9.28. The van der Waals surface area contributed by atoms with Crippen LogP contribution in [0.3, 0.4) is 0 Å². The molecule has 1 atom stereocenters. The van der Waals surface area contributed by atoms with Gasteiger partial charge in [-0.15, -0.1) is 0 Å². The maximum Gasteiger partial charge on any atom is 0.137 e. The van der Waals surface area contributed by atoms with Gasteiger partial charge in [-0.2, -0.15) is 5.10 Å². The highest BCUT2D eigenvalue weighted by molar-refractivity contribution is 4.81. The summed E-state index contributed by atoms with van der Waals surface area (Å²) in [6.07, 6.45) is 5.16. The van der Waals surface area contributed by atoms with Crippen LogP contribution in [0.4, 0.5) is 0 Å². The number of aliphatic hydroxyl groups excluding tert-OH is 1. The Kier molecular flexibility index (Phi) is 4.71. The van der Waals surface area contributed by atoms with Crippen molar-refractivity contribution in [3.8, 4) is 0 Å². The summed E-state index contributed by atoms with van der Waals surface area (Å²) in [5.41, 5.74) is -0.171. The molecular weight excluding hydrogens is 192 g/mol. The first-order valence-corrected chi connectivity index (χ1v) is 5.38. The standard InChI is InChI=1S/C10H20N4O/c1-3-12-10(2,7-15)5-4-6-14-9-11-8-13-14/h8-9,12,15H,3-7H2,1-2H3. The predicted molar refractivity (Wildman–Crippen MR) is 58.4 cm³/mol. The Morgan fingerprint density at radius 1 is 1.53 bits per heavy atom. The molecule has 5 heteroatoms. The minimum atomic E-state index is -0.171. The third-order valence-corrected chi connectivity index (χ3v) is 2.53. The fourth-order valence-electron chi connectivity index (χ4n) is 1.63. The summed E-state index contributed by atoms with van der Waals surface area (Å²) in [5, 5.41) is 16.6. The van der Waals surface area contributed by atoms with Gasteiger partial charge in [-0.1, -0.05) is 6.92 Å². The third-order valence-electron chi connectivity index (χ3n) is 2.53. The zero-order valence-corrected chi connectivity index (χ0v) is 9.48. The molecule has 0 aromatic carbocycles. The van der Waals surface area contributed by atoms with Crippen LogP contribution in [0.25, 0.3) is 0 Å². The Morgan fingerprint density at radius 3 is 2.87 bits per heavy atom. The number of nitrogens with one attached hydrogen (secondary N) is 1. The van der Waals surface area contributed by atoms with E-state index in [2.05, 4.69) is 15.4 Å². The van der Waals surface area contributed by atoms with Gasteiger partial charge >= 0.3 is 0 Å². The van der Waals surface area contributed by atoms with Gasteiger partial charge in [0.15, 0.2) is 0 Å². The van der Waals surface area contributed by atoms with Crippen LogP contribution in [0.2, 0.25) is 0 Å². The second-order valence-corrected chi connectivity index (χ2v) is 4.01. The molecule has 0 bridgehead atoms. The van der Waals surface area contributed by atoms with Crippen LogP contribution in [-0.2, 0) is 6.54 Å². The molecule has 2 N–H and O–H groups in total. The van der Waals surface area contributed by atoms with Gasteiger partial charge < -0.3 is 10.4 Å². The van der Waals surface area contributed by atoms with Crippen LogP contribution < -0.4 is 5.32 Å². The molecule has 1 unspecified atom stereocenters. The number of aromatic nitrogens is 3. The van der Waals surface area contributed by atoms with Gasteiger partial charge in [-0.3, -0.25) is 4.68 Å². The molecule has 1 rings (SSSR count). The van der Waals surface area contributed by atoms with Crippen molar-refractivity contribution >= 4 is 0 Å². The van der Waals surface area contributed by atoms with Crippen LogP contribution in [0.15, 0.2) is 12.7 Å². The Hall–Kier alpha value is -0.940. The molecule has 1 heterocycles. The number of hydrogen-bond acceptors (Lipinski definition) is 4. The van der Waals surface area contributed by atoms with E-state index in [9.17, 15) is 5.11 Å². The van der Waals surface area contributed by atoms with Crippen LogP contribution in [0.1, 0.15) is 26.7 Å². The Morgan fingerprint density at radius 2 is 2.33 bits per heavy atom. The van der Waals surface area contributed by atoms with E-state index in [1.54, 1.807) is 6.33 Å². The van der Waals surface area contributed by atoms with E-state index in [1.165, 1.54) is 6.33 Å². The number of rotatable bonds is 7. The van der Waals surface area contributed by atoms with E-state index in [0.717, 1.165) is 25.9 Å². The van der Waals surface area contributed by atoms with E-state index in [-0.39, 0.29) is 12.1 Å². The fraction of sp³-hybridized carbons (Fsp3) is 0.800. The monoisotopic (exact) mass is 212 g/mol. The second kappa shape index (κ2) is 5.82. The molecule has 5 nitrogen and oxygen atoms in total. The molecule has 86 valence electrons. The van der Waals surface area contributed by atoms with Gasteiger partial charge in [0.2, 0.25) is 0 Å².